The molecule has 1 atom stereocenters. The van der Waals surface area contributed by atoms with Gasteiger partial charge >= 0.3 is 0 Å². The van der Waals surface area contributed by atoms with Crippen LogP contribution < -0.4 is 4.90 Å². The Balaban J connectivity index is 1.70. The van der Waals surface area contributed by atoms with Gasteiger partial charge in [-0.05, 0) is 51.4 Å². The summed E-state index contributed by atoms with van der Waals surface area (Å²) in [6.45, 7) is 6.21. The average molecular weight is 259 g/mol. The van der Waals surface area contributed by atoms with Gasteiger partial charge in [0, 0.05) is 30.9 Å². The third kappa shape index (κ3) is 2.63. The number of likely N-dealkylation sites (tertiary alicyclic amines) is 1. The minimum Gasteiger partial charge on any atom is -0.355 e. The summed E-state index contributed by atoms with van der Waals surface area (Å²) in [7, 11) is 0. The van der Waals surface area contributed by atoms with Crippen molar-refractivity contribution in [2.45, 2.75) is 32.2 Å². The highest BCUT2D eigenvalue weighted by atomic mass is 16.1. The molecular formula is C15H21N3O. The molecule has 2 saturated heterocycles. The Bertz CT molecular complexity index is 468. The molecule has 0 aliphatic carbocycles. The number of carbonyl (C=O) groups excluding carboxylic acids is 1. The molecule has 1 unspecified atom stereocenters. The lowest BCUT2D eigenvalue weighted by Crippen LogP contribution is -2.35. The number of aromatic nitrogens is 1. The molecule has 0 aromatic carbocycles. The number of carbonyl (C=O) groups is 1. The summed E-state index contributed by atoms with van der Waals surface area (Å²) in [5.74, 6) is 1.06. The van der Waals surface area contributed by atoms with Crippen LogP contribution >= 0.6 is 0 Å². The highest BCUT2D eigenvalue weighted by Crippen LogP contribution is 2.24. The van der Waals surface area contributed by atoms with E-state index in [2.05, 4.69) is 14.8 Å². The number of hydrogen-bond acceptors (Lipinski definition) is 4. The van der Waals surface area contributed by atoms with Gasteiger partial charge in [-0.3, -0.25) is 9.69 Å². The molecule has 3 heterocycles. The summed E-state index contributed by atoms with van der Waals surface area (Å²) in [5, 5.41) is 0. The zero-order valence-corrected chi connectivity index (χ0v) is 11.5. The first-order valence-electron chi connectivity index (χ1n) is 7.20. The first-order chi connectivity index (χ1) is 9.24. The summed E-state index contributed by atoms with van der Waals surface area (Å²) < 4.78 is 0. The van der Waals surface area contributed by atoms with Gasteiger partial charge in [0.15, 0.2) is 5.78 Å². The molecule has 0 spiro atoms. The molecule has 0 N–H and O–H groups in total. The minimum absolute atomic E-state index is 0.110. The molecule has 0 amide bonds. The van der Waals surface area contributed by atoms with Crippen molar-refractivity contribution in [3.05, 3.63) is 23.9 Å². The molecule has 0 radical (unpaired) electrons. The summed E-state index contributed by atoms with van der Waals surface area (Å²) in [5.41, 5.74) is 0.759. The number of nitrogens with zero attached hydrogens (tertiary/aromatic N) is 3. The quantitative estimate of drug-likeness (QED) is 0.778. The van der Waals surface area contributed by atoms with E-state index in [-0.39, 0.29) is 5.78 Å². The van der Waals surface area contributed by atoms with Gasteiger partial charge in [-0.25, -0.2) is 4.98 Å². The molecule has 2 aliphatic heterocycles. The summed E-state index contributed by atoms with van der Waals surface area (Å²) in [6, 6.07) is 4.39. The predicted molar refractivity (Wildman–Crippen MR) is 75.7 cm³/mol. The molecule has 2 aliphatic rings. The van der Waals surface area contributed by atoms with E-state index in [1.165, 1.54) is 32.4 Å². The maximum absolute atomic E-state index is 11.4. The maximum Gasteiger partial charge on any atom is 0.159 e. The van der Waals surface area contributed by atoms with Crippen molar-refractivity contribution in [3.63, 3.8) is 0 Å². The second-order valence-electron chi connectivity index (χ2n) is 5.59. The number of anilines is 1. The van der Waals surface area contributed by atoms with E-state index >= 15 is 0 Å². The largest absolute Gasteiger partial charge is 0.355 e. The van der Waals surface area contributed by atoms with E-state index in [9.17, 15) is 4.79 Å². The third-order valence-corrected chi connectivity index (χ3v) is 4.30. The van der Waals surface area contributed by atoms with Crippen LogP contribution in [0.5, 0.6) is 0 Å². The van der Waals surface area contributed by atoms with E-state index in [1.54, 1.807) is 19.2 Å². The Labute approximate surface area is 114 Å². The number of pyridine rings is 1. The molecule has 102 valence electrons. The van der Waals surface area contributed by atoms with E-state index in [4.69, 9.17) is 0 Å². The van der Waals surface area contributed by atoms with Crippen LogP contribution in [0, 0.1) is 0 Å². The summed E-state index contributed by atoms with van der Waals surface area (Å²) >= 11 is 0. The zero-order valence-electron chi connectivity index (χ0n) is 11.5. The highest BCUT2D eigenvalue weighted by Gasteiger charge is 2.29. The van der Waals surface area contributed by atoms with Crippen LogP contribution in [-0.2, 0) is 0 Å². The lowest BCUT2D eigenvalue weighted by molar-refractivity contribution is 0.101. The van der Waals surface area contributed by atoms with Crippen LogP contribution in [0.15, 0.2) is 18.3 Å². The van der Waals surface area contributed by atoms with Crippen molar-refractivity contribution in [3.8, 4) is 0 Å². The van der Waals surface area contributed by atoms with Crippen molar-refractivity contribution in [1.29, 1.82) is 0 Å². The number of ketones is 1. The van der Waals surface area contributed by atoms with Gasteiger partial charge in [0.05, 0.1) is 0 Å². The van der Waals surface area contributed by atoms with Crippen molar-refractivity contribution >= 4 is 11.6 Å². The Morgan fingerprint density at radius 2 is 2.11 bits per heavy atom. The van der Waals surface area contributed by atoms with Gasteiger partial charge < -0.3 is 4.90 Å². The first kappa shape index (κ1) is 12.6. The summed E-state index contributed by atoms with van der Waals surface area (Å²) in [6.07, 6.45) is 5.64. The van der Waals surface area contributed by atoms with Crippen molar-refractivity contribution in [2.75, 3.05) is 31.1 Å². The van der Waals surface area contributed by atoms with Gasteiger partial charge in [-0.2, -0.15) is 0 Å². The average Bonchev–Trinajstić information content (AvgIpc) is 3.09. The van der Waals surface area contributed by atoms with Crippen LogP contribution in [0.25, 0.3) is 0 Å². The van der Waals surface area contributed by atoms with Crippen LogP contribution in [0.4, 0.5) is 5.82 Å². The van der Waals surface area contributed by atoms with Crippen LogP contribution in [0.2, 0.25) is 0 Å². The fourth-order valence-electron chi connectivity index (χ4n) is 3.17. The lowest BCUT2D eigenvalue weighted by Gasteiger charge is -2.24. The molecule has 19 heavy (non-hydrogen) atoms. The third-order valence-electron chi connectivity index (χ3n) is 4.30. The molecule has 2 fully saturated rings. The predicted octanol–water partition coefficient (Wildman–Crippen LogP) is 1.96. The molecule has 1 aromatic heterocycles. The Morgan fingerprint density at radius 3 is 2.84 bits per heavy atom. The molecule has 3 rings (SSSR count). The second-order valence-corrected chi connectivity index (χ2v) is 5.59. The molecule has 0 bridgehead atoms. The van der Waals surface area contributed by atoms with Gasteiger partial charge in [-0.15, -0.1) is 0 Å². The van der Waals surface area contributed by atoms with Crippen LogP contribution in [0.3, 0.4) is 0 Å². The van der Waals surface area contributed by atoms with Gasteiger partial charge in [0.2, 0.25) is 0 Å². The highest BCUT2D eigenvalue weighted by molar-refractivity contribution is 5.94. The smallest absolute Gasteiger partial charge is 0.159 e. The van der Waals surface area contributed by atoms with Crippen molar-refractivity contribution in [2.24, 2.45) is 0 Å². The first-order valence-corrected chi connectivity index (χ1v) is 7.20. The molecule has 4 heteroatoms. The SMILES string of the molecule is CC(=O)c1ccnc(N2CCC(N3CCCC3)C2)c1. The number of rotatable bonds is 3. The Kier molecular flexibility index (Phi) is 3.51. The topological polar surface area (TPSA) is 36.4 Å². The lowest BCUT2D eigenvalue weighted by atomic mass is 10.2. The van der Waals surface area contributed by atoms with Crippen molar-refractivity contribution < 1.29 is 4.79 Å². The molecular weight excluding hydrogens is 238 g/mol. The Morgan fingerprint density at radius 1 is 1.32 bits per heavy atom. The fraction of sp³-hybridized carbons (Fsp3) is 0.600. The van der Waals surface area contributed by atoms with Gasteiger partial charge in [0.25, 0.3) is 0 Å². The standard InChI is InChI=1S/C15H21N3O/c1-12(19)13-4-6-16-15(10-13)18-9-5-14(11-18)17-7-2-3-8-17/h4,6,10,14H,2-3,5,7-9,11H2,1H3. The normalized spacial score (nSPS) is 24.1. The summed E-state index contributed by atoms with van der Waals surface area (Å²) in [4.78, 5) is 20.8. The fourth-order valence-corrected chi connectivity index (χ4v) is 3.17. The van der Waals surface area contributed by atoms with Gasteiger partial charge in [-0.1, -0.05) is 0 Å². The molecule has 0 saturated carbocycles. The van der Waals surface area contributed by atoms with Crippen LogP contribution in [0.1, 0.15) is 36.5 Å². The second kappa shape index (κ2) is 5.29. The van der Waals surface area contributed by atoms with Gasteiger partial charge in [0.1, 0.15) is 5.82 Å². The van der Waals surface area contributed by atoms with E-state index in [0.717, 1.165) is 24.5 Å². The van der Waals surface area contributed by atoms with Crippen molar-refractivity contribution in [1.82, 2.24) is 9.88 Å². The van der Waals surface area contributed by atoms with E-state index < -0.39 is 0 Å². The van der Waals surface area contributed by atoms with Crippen LogP contribution in [-0.4, -0.2) is 47.9 Å². The number of hydrogen-bond donors (Lipinski definition) is 0. The Hall–Kier alpha value is -1.42. The monoisotopic (exact) mass is 259 g/mol. The maximum atomic E-state index is 11.4. The minimum atomic E-state index is 0.110. The van der Waals surface area contributed by atoms with E-state index in [1.807, 2.05) is 6.07 Å². The molecule has 4 nitrogen and oxygen atoms in total. The zero-order chi connectivity index (χ0) is 13.2. The number of Topliss-reactive ketones (excluding diaryl/α,β-unsaturated/α-hetero) is 1. The molecule has 1 aromatic rings. The van der Waals surface area contributed by atoms with E-state index in [0.29, 0.717) is 6.04 Å².